The van der Waals surface area contributed by atoms with Gasteiger partial charge in [0.25, 0.3) is 0 Å². The Balaban J connectivity index is 1.83. The van der Waals surface area contributed by atoms with Crippen LogP contribution >= 0.6 is 0 Å². The summed E-state index contributed by atoms with van der Waals surface area (Å²) in [7, 11) is 0. The highest BCUT2D eigenvalue weighted by atomic mass is 16.4. The molecule has 138 valence electrons. The summed E-state index contributed by atoms with van der Waals surface area (Å²) in [6, 6.07) is 12.6. The molecular formula is C21H25NO4. The molecule has 0 aromatic heterocycles. The third-order valence-corrected chi connectivity index (χ3v) is 5.22. The summed E-state index contributed by atoms with van der Waals surface area (Å²) in [5.74, 6) is -0.394. The fourth-order valence-electron chi connectivity index (χ4n) is 3.74. The summed E-state index contributed by atoms with van der Waals surface area (Å²) >= 11 is 0. The number of aryl methyl sites for hydroxylation is 1. The molecule has 1 heterocycles. The molecule has 1 amide bonds. The van der Waals surface area contributed by atoms with E-state index in [2.05, 4.69) is 31.2 Å². The fraction of sp³-hybridized carbons (Fsp3) is 0.381. The maximum Gasteiger partial charge on any atom is 0.407 e. The normalized spacial score (nSPS) is 19.7. The molecule has 2 unspecified atom stereocenters. The number of hydrogen-bond acceptors (Lipinski definition) is 3. The van der Waals surface area contributed by atoms with E-state index < -0.39 is 12.1 Å². The molecule has 0 bridgehead atoms. The highest BCUT2D eigenvalue weighted by molar-refractivity contribution is 5.67. The van der Waals surface area contributed by atoms with Crippen molar-refractivity contribution in [2.24, 2.45) is 0 Å². The monoisotopic (exact) mass is 355 g/mol. The molecular weight excluding hydrogens is 330 g/mol. The zero-order chi connectivity index (χ0) is 18.7. The lowest BCUT2D eigenvalue weighted by atomic mass is 9.92. The van der Waals surface area contributed by atoms with Crippen molar-refractivity contribution in [1.29, 1.82) is 0 Å². The second kappa shape index (κ2) is 7.68. The lowest BCUT2D eigenvalue weighted by molar-refractivity contribution is 0.139. The average Bonchev–Trinajstić information content (AvgIpc) is 3.08. The third kappa shape index (κ3) is 3.62. The van der Waals surface area contributed by atoms with Gasteiger partial charge in [0.2, 0.25) is 0 Å². The number of aromatic hydroxyl groups is 2. The van der Waals surface area contributed by atoms with Crippen molar-refractivity contribution in [3.8, 4) is 11.5 Å². The van der Waals surface area contributed by atoms with E-state index in [9.17, 15) is 20.1 Å². The Morgan fingerprint density at radius 3 is 2.54 bits per heavy atom. The van der Waals surface area contributed by atoms with Crippen LogP contribution in [0.3, 0.4) is 0 Å². The molecule has 2 aromatic carbocycles. The zero-order valence-electron chi connectivity index (χ0n) is 14.9. The first-order valence-electron chi connectivity index (χ1n) is 9.10. The molecule has 3 rings (SSSR count). The molecule has 1 aliphatic rings. The van der Waals surface area contributed by atoms with Gasteiger partial charge in [-0.25, -0.2) is 4.79 Å². The van der Waals surface area contributed by atoms with E-state index in [1.54, 1.807) is 12.1 Å². The van der Waals surface area contributed by atoms with Crippen LogP contribution in [-0.4, -0.2) is 32.9 Å². The number of rotatable bonds is 5. The second-order valence-electron chi connectivity index (χ2n) is 6.94. The van der Waals surface area contributed by atoms with Gasteiger partial charge in [-0.2, -0.15) is 0 Å². The van der Waals surface area contributed by atoms with Crippen LogP contribution in [0.5, 0.6) is 11.5 Å². The number of carbonyl (C=O) groups is 1. The van der Waals surface area contributed by atoms with Gasteiger partial charge in [-0.05, 0) is 36.5 Å². The van der Waals surface area contributed by atoms with Crippen LogP contribution in [0, 0.1) is 0 Å². The maximum atomic E-state index is 11.7. The van der Waals surface area contributed by atoms with Crippen molar-refractivity contribution < 1.29 is 20.1 Å². The maximum absolute atomic E-state index is 11.7. The Morgan fingerprint density at radius 2 is 1.88 bits per heavy atom. The fourth-order valence-corrected chi connectivity index (χ4v) is 3.74. The van der Waals surface area contributed by atoms with Crippen molar-refractivity contribution in [3.63, 3.8) is 0 Å². The van der Waals surface area contributed by atoms with Gasteiger partial charge in [0.15, 0.2) is 11.5 Å². The minimum Gasteiger partial charge on any atom is -0.504 e. The number of nitrogens with zero attached hydrogens (tertiary/aromatic N) is 1. The van der Waals surface area contributed by atoms with Crippen molar-refractivity contribution in [2.45, 2.75) is 44.6 Å². The molecule has 2 aromatic rings. The minimum atomic E-state index is -1.01. The van der Waals surface area contributed by atoms with Gasteiger partial charge in [0.05, 0.1) is 6.04 Å². The second-order valence-corrected chi connectivity index (χ2v) is 6.94. The molecule has 5 nitrogen and oxygen atoms in total. The van der Waals surface area contributed by atoms with Crippen molar-refractivity contribution in [1.82, 2.24) is 4.90 Å². The summed E-state index contributed by atoms with van der Waals surface area (Å²) < 4.78 is 0. The standard InChI is InChI=1S/C21H25NO4/c1-2-3-5-14-8-10-15(11-9-14)16-12-18(22(13-16)21(25)26)17-6-4-7-19(23)20(17)24/h4,6-11,16,18,23-24H,2-3,5,12-13H2,1H3,(H,25,26). The summed E-state index contributed by atoms with van der Waals surface area (Å²) in [5, 5.41) is 29.5. The minimum absolute atomic E-state index is 0.0677. The molecule has 26 heavy (non-hydrogen) atoms. The highest BCUT2D eigenvalue weighted by Crippen LogP contribution is 2.45. The molecule has 0 saturated carbocycles. The van der Waals surface area contributed by atoms with Gasteiger partial charge in [-0.15, -0.1) is 0 Å². The molecule has 1 saturated heterocycles. The number of phenols is 2. The van der Waals surface area contributed by atoms with E-state index in [1.165, 1.54) is 16.5 Å². The number of phenolic OH excluding ortho intramolecular Hbond substituents is 2. The largest absolute Gasteiger partial charge is 0.504 e. The van der Waals surface area contributed by atoms with Crippen LogP contribution in [0.4, 0.5) is 4.79 Å². The van der Waals surface area contributed by atoms with Crippen LogP contribution < -0.4 is 0 Å². The average molecular weight is 355 g/mol. The Bertz CT molecular complexity index is 772. The molecule has 2 atom stereocenters. The zero-order valence-corrected chi connectivity index (χ0v) is 14.9. The Kier molecular flexibility index (Phi) is 5.35. The number of para-hydroxylation sites is 1. The molecule has 0 spiro atoms. The Labute approximate surface area is 153 Å². The predicted octanol–water partition coefficient (Wildman–Crippen LogP) is 4.65. The Hall–Kier alpha value is -2.69. The SMILES string of the molecule is CCCCc1ccc(C2CC(c3cccc(O)c3O)N(C(=O)O)C2)cc1. The first-order valence-corrected chi connectivity index (χ1v) is 9.10. The quantitative estimate of drug-likeness (QED) is 0.682. The molecule has 5 heteroatoms. The molecule has 3 N–H and O–H groups in total. The van der Waals surface area contributed by atoms with Gasteiger partial charge >= 0.3 is 6.09 Å². The van der Waals surface area contributed by atoms with Gasteiger partial charge in [-0.1, -0.05) is 49.7 Å². The first-order chi connectivity index (χ1) is 12.5. The lowest BCUT2D eigenvalue weighted by Crippen LogP contribution is -2.29. The van der Waals surface area contributed by atoms with E-state index in [1.807, 2.05) is 0 Å². The lowest BCUT2D eigenvalue weighted by Gasteiger charge is -2.22. The molecule has 1 aliphatic heterocycles. The van der Waals surface area contributed by atoms with E-state index in [0.29, 0.717) is 18.5 Å². The van der Waals surface area contributed by atoms with E-state index in [-0.39, 0.29) is 17.4 Å². The van der Waals surface area contributed by atoms with Crippen LogP contribution in [0.15, 0.2) is 42.5 Å². The molecule has 0 radical (unpaired) electrons. The van der Waals surface area contributed by atoms with E-state index in [0.717, 1.165) is 24.8 Å². The van der Waals surface area contributed by atoms with Crippen LogP contribution in [0.1, 0.15) is 54.8 Å². The van der Waals surface area contributed by atoms with E-state index in [4.69, 9.17) is 0 Å². The van der Waals surface area contributed by atoms with Crippen LogP contribution in [0.2, 0.25) is 0 Å². The summed E-state index contributed by atoms with van der Waals surface area (Å²) in [4.78, 5) is 13.1. The van der Waals surface area contributed by atoms with Crippen molar-refractivity contribution in [3.05, 3.63) is 59.2 Å². The summed E-state index contributed by atoms with van der Waals surface area (Å²) in [5.41, 5.74) is 2.86. The number of hydrogen-bond donors (Lipinski definition) is 3. The number of carboxylic acid groups (broad SMARTS) is 1. The number of benzene rings is 2. The predicted molar refractivity (Wildman–Crippen MR) is 99.7 cm³/mol. The smallest absolute Gasteiger partial charge is 0.407 e. The van der Waals surface area contributed by atoms with Gasteiger partial charge < -0.3 is 20.2 Å². The van der Waals surface area contributed by atoms with Gasteiger partial charge in [0.1, 0.15) is 0 Å². The number of unbranched alkanes of at least 4 members (excludes halogenated alkanes) is 1. The molecule has 0 aliphatic carbocycles. The highest BCUT2D eigenvalue weighted by Gasteiger charge is 2.38. The third-order valence-electron chi connectivity index (χ3n) is 5.22. The topological polar surface area (TPSA) is 81.0 Å². The summed E-state index contributed by atoms with van der Waals surface area (Å²) in [6.45, 7) is 2.55. The van der Waals surface area contributed by atoms with Gasteiger partial charge in [0, 0.05) is 18.0 Å². The van der Waals surface area contributed by atoms with Gasteiger partial charge in [-0.3, -0.25) is 0 Å². The number of likely N-dealkylation sites (tertiary alicyclic amines) is 1. The van der Waals surface area contributed by atoms with E-state index >= 15 is 0 Å². The van der Waals surface area contributed by atoms with Crippen LogP contribution in [-0.2, 0) is 6.42 Å². The summed E-state index contributed by atoms with van der Waals surface area (Å²) in [6.07, 6.45) is 2.95. The van der Waals surface area contributed by atoms with Crippen molar-refractivity contribution in [2.75, 3.05) is 6.54 Å². The Morgan fingerprint density at radius 1 is 1.15 bits per heavy atom. The van der Waals surface area contributed by atoms with Crippen LogP contribution in [0.25, 0.3) is 0 Å². The first kappa shape index (κ1) is 18.1. The number of amides is 1. The van der Waals surface area contributed by atoms with Crippen molar-refractivity contribution >= 4 is 6.09 Å². The molecule has 1 fully saturated rings.